The lowest BCUT2D eigenvalue weighted by Gasteiger charge is -2.38. The summed E-state index contributed by atoms with van der Waals surface area (Å²) in [5, 5.41) is 2.83. The van der Waals surface area contributed by atoms with Crippen LogP contribution in [0, 0.1) is 11.8 Å². The van der Waals surface area contributed by atoms with E-state index in [4.69, 9.17) is 9.47 Å². The Bertz CT molecular complexity index is 571. The number of hydrogen-bond donors (Lipinski definition) is 1. The molecule has 2 saturated heterocycles. The maximum absolute atomic E-state index is 12.2. The van der Waals surface area contributed by atoms with Gasteiger partial charge in [0.25, 0.3) is 0 Å². The van der Waals surface area contributed by atoms with Crippen molar-refractivity contribution >= 4 is 6.03 Å². The van der Waals surface area contributed by atoms with Crippen molar-refractivity contribution in [3.05, 3.63) is 35.9 Å². The zero-order chi connectivity index (χ0) is 15.3. The van der Waals surface area contributed by atoms with Gasteiger partial charge in [-0.05, 0) is 18.6 Å². The third kappa shape index (κ3) is 3.59. The molecule has 116 valence electrons. The van der Waals surface area contributed by atoms with Crippen molar-refractivity contribution in [3.8, 4) is 11.8 Å². The summed E-state index contributed by atoms with van der Waals surface area (Å²) >= 11 is 0. The molecule has 3 rings (SSSR count). The molecule has 0 radical (unpaired) electrons. The molecule has 0 unspecified atom stereocenters. The summed E-state index contributed by atoms with van der Waals surface area (Å²) in [7, 11) is 0. The Morgan fingerprint density at radius 2 is 2.05 bits per heavy atom. The van der Waals surface area contributed by atoms with Crippen LogP contribution in [0.25, 0.3) is 0 Å². The van der Waals surface area contributed by atoms with Crippen LogP contribution in [0.3, 0.4) is 0 Å². The van der Waals surface area contributed by atoms with E-state index < -0.39 is 5.79 Å². The fourth-order valence-corrected chi connectivity index (χ4v) is 2.79. The smallest absolute Gasteiger partial charge is 0.318 e. The third-order valence-corrected chi connectivity index (χ3v) is 3.85. The van der Waals surface area contributed by atoms with E-state index >= 15 is 0 Å². The van der Waals surface area contributed by atoms with Crippen LogP contribution in [-0.4, -0.2) is 49.6 Å². The molecular formula is C17H20N2O3. The predicted octanol–water partition coefficient (Wildman–Crippen LogP) is 1.59. The van der Waals surface area contributed by atoms with Crippen LogP contribution in [0.4, 0.5) is 4.79 Å². The summed E-state index contributed by atoms with van der Waals surface area (Å²) in [5.74, 6) is 5.40. The molecule has 2 heterocycles. The SMILES string of the molecule is O=C(NCC#Cc1ccccc1)N1CCCC2(C1)OCCO2. The number of carbonyl (C=O) groups is 1. The average molecular weight is 300 g/mol. The number of nitrogens with zero attached hydrogens (tertiary/aromatic N) is 1. The molecule has 22 heavy (non-hydrogen) atoms. The number of urea groups is 1. The van der Waals surface area contributed by atoms with E-state index in [1.807, 2.05) is 30.3 Å². The number of likely N-dealkylation sites (tertiary alicyclic amines) is 1. The first kappa shape index (κ1) is 14.9. The lowest BCUT2D eigenvalue weighted by Crippen LogP contribution is -2.53. The Kier molecular flexibility index (Phi) is 4.62. The first-order valence-electron chi connectivity index (χ1n) is 7.62. The molecular weight excluding hydrogens is 280 g/mol. The molecule has 5 nitrogen and oxygen atoms in total. The van der Waals surface area contributed by atoms with E-state index in [1.54, 1.807) is 4.90 Å². The van der Waals surface area contributed by atoms with Gasteiger partial charge >= 0.3 is 6.03 Å². The van der Waals surface area contributed by atoms with Crippen LogP contribution in [0.5, 0.6) is 0 Å². The summed E-state index contributed by atoms with van der Waals surface area (Å²) in [6, 6.07) is 9.61. The minimum atomic E-state index is -0.578. The molecule has 2 amide bonds. The van der Waals surface area contributed by atoms with E-state index in [2.05, 4.69) is 17.2 Å². The minimum Gasteiger partial charge on any atom is -0.346 e. The second-order valence-electron chi connectivity index (χ2n) is 5.46. The highest BCUT2D eigenvalue weighted by atomic mass is 16.7. The highest BCUT2D eigenvalue weighted by Gasteiger charge is 2.41. The van der Waals surface area contributed by atoms with Crippen molar-refractivity contribution in [2.24, 2.45) is 0 Å². The van der Waals surface area contributed by atoms with E-state index in [9.17, 15) is 4.79 Å². The van der Waals surface area contributed by atoms with Gasteiger partial charge in [0.1, 0.15) is 0 Å². The Hall–Kier alpha value is -2.03. The fourth-order valence-electron chi connectivity index (χ4n) is 2.79. The van der Waals surface area contributed by atoms with Gasteiger partial charge in [-0.25, -0.2) is 4.79 Å². The van der Waals surface area contributed by atoms with E-state index in [0.717, 1.165) is 24.9 Å². The Balaban J connectivity index is 1.49. The van der Waals surface area contributed by atoms with Gasteiger partial charge in [0.2, 0.25) is 0 Å². The molecule has 0 aliphatic carbocycles. The Morgan fingerprint density at radius 1 is 1.27 bits per heavy atom. The van der Waals surface area contributed by atoms with E-state index in [1.165, 1.54) is 0 Å². The van der Waals surface area contributed by atoms with Gasteiger partial charge in [0.15, 0.2) is 5.79 Å². The molecule has 0 aromatic heterocycles. The number of ether oxygens (including phenoxy) is 2. The fraction of sp³-hybridized carbons (Fsp3) is 0.471. The quantitative estimate of drug-likeness (QED) is 0.801. The number of benzene rings is 1. The number of amides is 2. The van der Waals surface area contributed by atoms with Crippen LogP contribution >= 0.6 is 0 Å². The molecule has 0 bridgehead atoms. The molecule has 0 saturated carbocycles. The highest BCUT2D eigenvalue weighted by molar-refractivity contribution is 5.74. The summed E-state index contributed by atoms with van der Waals surface area (Å²) < 4.78 is 11.3. The topological polar surface area (TPSA) is 50.8 Å². The number of rotatable bonds is 1. The summed E-state index contributed by atoms with van der Waals surface area (Å²) in [4.78, 5) is 13.9. The summed E-state index contributed by atoms with van der Waals surface area (Å²) in [6.07, 6.45) is 1.74. The van der Waals surface area contributed by atoms with Crippen molar-refractivity contribution in [1.29, 1.82) is 0 Å². The van der Waals surface area contributed by atoms with E-state index in [0.29, 0.717) is 26.3 Å². The molecule has 2 aliphatic heterocycles. The predicted molar refractivity (Wildman–Crippen MR) is 82.2 cm³/mol. The molecule has 0 atom stereocenters. The number of hydrogen-bond acceptors (Lipinski definition) is 3. The third-order valence-electron chi connectivity index (χ3n) is 3.85. The minimum absolute atomic E-state index is 0.111. The molecule has 2 fully saturated rings. The van der Waals surface area contributed by atoms with Crippen molar-refractivity contribution in [2.45, 2.75) is 18.6 Å². The Morgan fingerprint density at radius 3 is 2.82 bits per heavy atom. The van der Waals surface area contributed by atoms with Crippen LogP contribution in [-0.2, 0) is 9.47 Å². The van der Waals surface area contributed by atoms with Crippen LogP contribution in [0.1, 0.15) is 18.4 Å². The van der Waals surface area contributed by atoms with Gasteiger partial charge in [-0.15, -0.1) is 0 Å². The molecule has 1 N–H and O–H groups in total. The summed E-state index contributed by atoms with van der Waals surface area (Å²) in [5.41, 5.74) is 0.946. The normalized spacial score (nSPS) is 19.5. The van der Waals surface area contributed by atoms with Gasteiger partial charge in [-0.2, -0.15) is 0 Å². The van der Waals surface area contributed by atoms with Crippen LogP contribution < -0.4 is 5.32 Å². The molecule has 1 spiro atoms. The highest BCUT2D eigenvalue weighted by Crippen LogP contribution is 2.29. The molecule has 1 aromatic carbocycles. The van der Waals surface area contributed by atoms with Gasteiger partial charge in [-0.3, -0.25) is 0 Å². The summed E-state index contributed by atoms with van der Waals surface area (Å²) in [6.45, 7) is 2.77. The lowest BCUT2D eigenvalue weighted by atomic mass is 10.1. The second-order valence-corrected chi connectivity index (χ2v) is 5.46. The van der Waals surface area contributed by atoms with Crippen molar-refractivity contribution in [1.82, 2.24) is 10.2 Å². The maximum Gasteiger partial charge on any atom is 0.318 e. The van der Waals surface area contributed by atoms with Gasteiger partial charge in [-0.1, -0.05) is 30.0 Å². The Labute approximate surface area is 130 Å². The van der Waals surface area contributed by atoms with Gasteiger partial charge < -0.3 is 19.7 Å². The molecule has 5 heteroatoms. The van der Waals surface area contributed by atoms with Crippen molar-refractivity contribution in [3.63, 3.8) is 0 Å². The van der Waals surface area contributed by atoms with Gasteiger partial charge in [0, 0.05) is 18.5 Å². The van der Waals surface area contributed by atoms with Gasteiger partial charge in [0.05, 0.1) is 26.3 Å². The molecule has 2 aliphatic rings. The van der Waals surface area contributed by atoms with Crippen LogP contribution in [0.15, 0.2) is 30.3 Å². The second kappa shape index (κ2) is 6.82. The zero-order valence-corrected chi connectivity index (χ0v) is 12.5. The van der Waals surface area contributed by atoms with E-state index in [-0.39, 0.29) is 6.03 Å². The van der Waals surface area contributed by atoms with Crippen molar-refractivity contribution < 1.29 is 14.3 Å². The maximum atomic E-state index is 12.2. The van der Waals surface area contributed by atoms with Crippen LogP contribution in [0.2, 0.25) is 0 Å². The largest absolute Gasteiger partial charge is 0.346 e. The monoisotopic (exact) mass is 300 g/mol. The first-order chi connectivity index (χ1) is 10.8. The first-order valence-corrected chi connectivity index (χ1v) is 7.62. The zero-order valence-electron chi connectivity index (χ0n) is 12.5. The lowest BCUT2D eigenvalue weighted by molar-refractivity contribution is -0.182. The number of nitrogens with one attached hydrogen (secondary N) is 1. The van der Waals surface area contributed by atoms with Crippen molar-refractivity contribution in [2.75, 3.05) is 32.8 Å². The standard InChI is InChI=1S/C17H20N2O3/c20-16(18-10-4-8-15-6-2-1-3-7-15)19-11-5-9-17(14-19)21-12-13-22-17/h1-3,6-7H,5,9-14H2,(H,18,20). The molecule has 1 aromatic rings. The average Bonchev–Trinajstić information content (AvgIpc) is 3.00. The number of piperidine rings is 1. The number of carbonyl (C=O) groups excluding carboxylic acids is 1.